The van der Waals surface area contributed by atoms with Gasteiger partial charge in [-0.3, -0.25) is 0 Å². The van der Waals surface area contributed by atoms with Crippen LogP contribution < -0.4 is 0 Å². The van der Waals surface area contributed by atoms with Crippen molar-refractivity contribution in [2.45, 2.75) is 6.92 Å². The van der Waals surface area contributed by atoms with Crippen LogP contribution in [0.25, 0.3) is 33.2 Å². The zero-order chi connectivity index (χ0) is 13.5. The van der Waals surface area contributed by atoms with Crippen molar-refractivity contribution < 1.29 is 4.42 Å². The zero-order valence-corrected chi connectivity index (χ0v) is 11.0. The average Bonchev–Trinajstić information content (AvgIpc) is 2.87. The third-order valence-corrected chi connectivity index (χ3v) is 3.58. The molecule has 2 aromatic carbocycles. The summed E-state index contributed by atoms with van der Waals surface area (Å²) in [6.45, 7) is 2.11. The van der Waals surface area contributed by atoms with Gasteiger partial charge in [0, 0.05) is 22.5 Å². The topological polar surface area (TPSA) is 38.9 Å². The van der Waals surface area contributed by atoms with E-state index in [1.54, 1.807) is 12.5 Å². The minimum absolute atomic E-state index is 0.909. The second-order valence-electron chi connectivity index (χ2n) is 4.86. The molecule has 2 aromatic heterocycles. The molecule has 4 rings (SSSR count). The van der Waals surface area contributed by atoms with Gasteiger partial charge in [0.2, 0.25) is 0 Å². The van der Waals surface area contributed by atoms with E-state index in [1.807, 2.05) is 30.3 Å². The van der Waals surface area contributed by atoms with Crippen molar-refractivity contribution in [1.82, 2.24) is 9.97 Å². The summed E-state index contributed by atoms with van der Waals surface area (Å²) in [6.07, 6.45) is 3.32. The summed E-state index contributed by atoms with van der Waals surface area (Å²) in [4.78, 5) is 8.26. The number of furan rings is 1. The van der Waals surface area contributed by atoms with Gasteiger partial charge in [0.1, 0.15) is 17.5 Å². The van der Waals surface area contributed by atoms with Gasteiger partial charge in [0.25, 0.3) is 0 Å². The van der Waals surface area contributed by atoms with Gasteiger partial charge in [-0.25, -0.2) is 9.97 Å². The number of hydrogen-bond donors (Lipinski definition) is 0. The van der Waals surface area contributed by atoms with Crippen molar-refractivity contribution in [3.8, 4) is 11.3 Å². The molecule has 0 aliphatic rings. The first-order valence-electron chi connectivity index (χ1n) is 6.51. The molecule has 3 nitrogen and oxygen atoms in total. The van der Waals surface area contributed by atoms with Gasteiger partial charge in [-0.1, -0.05) is 12.1 Å². The highest BCUT2D eigenvalue weighted by Crippen LogP contribution is 2.33. The van der Waals surface area contributed by atoms with Crippen LogP contribution in [0.2, 0.25) is 0 Å². The van der Waals surface area contributed by atoms with Gasteiger partial charge in [0.05, 0.1) is 5.69 Å². The molecule has 0 saturated carbocycles. The third-order valence-electron chi connectivity index (χ3n) is 3.58. The van der Waals surface area contributed by atoms with E-state index in [4.69, 9.17) is 4.42 Å². The Kier molecular flexibility index (Phi) is 2.33. The molecule has 0 atom stereocenters. The predicted molar refractivity (Wildman–Crippen MR) is 79.5 cm³/mol. The van der Waals surface area contributed by atoms with Crippen LogP contribution in [0, 0.1) is 6.92 Å². The number of nitrogens with zero attached hydrogens (tertiary/aromatic N) is 2. The Morgan fingerprint density at radius 3 is 2.80 bits per heavy atom. The summed E-state index contributed by atoms with van der Waals surface area (Å²) in [5.74, 6) is 0. The molecule has 0 amide bonds. The van der Waals surface area contributed by atoms with Gasteiger partial charge in [-0.2, -0.15) is 0 Å². The Hall–Kier alpha value is -2.68. The van der Waals surface area contributed by atoms with Crippen LogP contribution in [0.15, 0.2) is 59.4 Å². The molecule has 0 bridgehead atoms. The first-order valence-corrected chi connectivity index (χ1v) is 6.51. The number of hydrogen-bond acceptors (Lipinski definition) is 3. The minimum Gasteiger partial charge on any atom is -0.456 e. The second-order valence-corrected chi connectivity index (χ2v) is 4.86. The SMILES string of the molecule is Cc1cccc2oc3ccc(-c4ccncn4)cc3c12. The highest BCUT2D eigenvalue weighted by molar-refractivity contribution is 6.07. The maximum absolute atomic E-state index is 5.89. The Morgan fingerprint density at radius 2 is 1.95 bits per heavy atom. The molecule has 20 heavy (non-hydrogen) atoms. The molecule has 4 aromatic rings. The van der Waals surface area contributed by atoms with Crippen molar-refractivity contribution in [1.29, 1.82) is 0 Å². The lowest BCUT2D eigenvalue weighted by atomic mass is 10.0. The van der Waals surface area contributed by atoms with Gasteiger partial charge in [-0.05, 0) is 42.8 Å². The van der Waals surface area contributed by atoms with Gasteiger partial charge in [0.15, 0.2) is 0 Å². The van der Waals surface area contributed by atoms with E-state index >= 15 is 0 Å². The van der Waals surface area contributed by atoms with E-state index in [-0.39, 0.29) is 0 Å². The lowest BCUT2D eigenvalue weighted by Gasteiger charge is -2.00. The number of aryl methyl sites for hydroxylation is 1. The molecule has 0 fully saturated rings. The van der Waals surface area contributed by atoms with Crippen molar-refractivity contribution in [2.24, 2.45) is 0 Å². The highest BCUT2D eigenvalue weighted by Gasteiger charge is 2.10. The fraction of sp³-hybridized carbons (Fsp3) is 0.0588. The molecule has 0 spiro atoms. The van der Waals surface area contributed by atoms with E-state index in [9.17, 15) is 0 Å². The van der Waals surface area contributed by atoms with Crippen LogP contribution in [0.5, 0.6) is 0 Å². The van der Waals surface area contributed by atoms with Crippen molar-refractivity contribution in [3.63, 3.8) is 0 Å². The number of benzene rings is 2. The molecule has 3 heteroatoms. The Bertz CT molecular complexity index is 910. The minimum atomic E-state index is 0.909. The standard InChI is InChI=1S/C17H12N2O/c1-11-3-2-4-16-17(11)13-9-12(5-6-15(13)20-16)14-7-8-18-10-19-14/h2-10H,1H3. The molecule has 0 aliphatic carbocycles. The number of aromatic nitrogens is 2. The lowest BCUT2D eigenvalue weighted by Crippen LogP contribution is -1.83. The van der Waals surface area contributed by atoms with Gasteiger partial charge in [-0.15, -0.1) is 0 Å². The van der Waals surface area contributed by atoms with Crippen LogP contribution in [-0.2, 0) is 0 Å². The van der Waals surface area contributed by atoms with Crippen LogP contribution in [0.3, 0.4) is 0 Å². The summed E-state index contributed by atoms with van der Waals surface area (Å²) in [5.41, 5.74) is 5.06. The number of fused-ring (bicyclic) bond motifs is 3. The molecular formula is C17H12N2O. The third kappa shape index (κ3) is 1.60. The smallest absolute Gasteiger partial charge is 0.135 e. The average molecular weight is 260 g/mol. The summed E-state index contributed by atoms with van der Waals surface area (Å²) in [7, 11) is 0. The first kappa shape index (κ1) is 11.2. The maximum atomic E-state index is 5.89. The molecule has 0 aliphatic heterocycles. The quantitative estimate of drug-likeness (QED) is 0.510. The molecule has 0 saturated heterocycles. The lowest BCUT2D eigenvalue weighted by molar-refractivity contribution is 0.669. The monoisotopic (exact) mass is 260 g/mol. The van der Waals surface area contributed by atoms with Crippen molar-refractivity contribution in [2.75, 3.05) is 0 Å². The molecule has 0 unspecified atom stereocenters. The van der Waals surface area contributed by atoms with Gasteiger partial charge < -0.3 is 4.42 Å². The van der Waals surface area contributed by atoms with Crippen LogP contribution >= 0.6 is 0 Å². The molecule has 0 N–H and O–H groups in total. The fourth-order valence-electron chi connectivity index (χ4n) is 2.62. The Morgan fingerprint density at radius 1 is 1.00 bits per heavy atom. The molecule has 96 valence electrons. The van der Waals surface area contributed by atoms with E-state index < -0.39 is 0 Å². The Balaban J connectivity index is 2.06. The molecule has 0 radical (unpaired) electrons. The molecular weight excluding hydrogens is 248 g/mol. The zero-order valence-electron chi connectivity index (χ0n) is 11.0. The largest absolute Gasteiger partial charge is 0.456 e. The van der Waals surface area contributed by atoms with Crippen LogP contribution in [0.1, 0.15) is 5.56 Å². The second kappa shape index (κ2) is 4.17. The molecule has 2 heterocycles. The summed E-state index contributed by atoms with van der Waals surface area (Å²) < 4.78 is 5.89. The highest BCUT2D eigenvalue weighted by atomic mass is 16.3. The summed E-state index contributed by atoms with van der Waals surface area (Å²) in [5, 5.41) is 2.31. The van der Waals surface area contributed by atoms with E-state index in [1.165, 1.54) is 10.9 Å². The maximum Gasteiger partial charge on any atom is 0.135 e. The normalized spacial score (nSPS) is 11.2. The van der Waals surface area contributed by atoms with E-state index in [0.29, 0.717) is 0 Å². The summed E-state index contributed by atoms with van der Waals surface area (Å²) >= 11 is 0. The van der Waals surface area contributed by atoms with E-state index in [2.05, 4.69) is 29.0 Å². The van der Waals surface area contributed by atoms with Gasteiger partial charge >= 0.3 is 0 Å². The summed E-state index contributed by atoms with van der Waals surface area (Å²) in [6, 6.07) is 14.2. The number of rotatable bonds is 1. The van der Waals surface area contributed by atoms with Crippen LogP contribution in [-0.4, -0.2) is 9.97 Å². The fourth-order valence-corrected chi connectivity index (χ4v) is 2.62. The Labute approximate surface area is 115 Å². The van der Waals surface area contributed by atoms with Crippen LogP contribution in [0.4, 0.5) is 0 Å². The van der Waals surface area contributed by atoms with Crippen molar-refractivity contribution >= 4 is 21.9 Å². The van der Waals surface area contributed by atoms with Crippen molar-refractivity contribution in [3.05, 3.63) is 60.6 Å². The van der Waals surface area contributed by atoms with E-state index in [0.717, 1.165) is 27.8 Å². The first-order chi connectivity index (χ1) is 9.83. The predicted octanol–water partition coefficient (Wildman–Crippen LogP) is 4.35.